The highest BCUT2D eigenvalue weighted by Gasteiger charge is 2.24. The molecule has 1 aliphatic heterocycles. The zero-order chi connectivity index (χ0) is 20.9. The number of carbonyl (C=O) groups is 2. The number of nitrogens with one attached hydrogen (secondary N) is 1. The number of amides is 2. The SMILES string of the molecule is Cc1ccc(-c2nc(CC(=O)N3CCC(NC(=O)c4cccnc4)CC3)cs2)cc1. The van der Waals surface area contributed by atoms with E-state index in [2.05, 4.69) is 46.5 Å². The number of aryl methyl sites for hydroxylation is 1. The third-order valence-corrected chi connectivity index (χ3v) is 6.23. The number of piperidine rings is 1. The number of rotatable bonds is 5. The first-order chi connectivity index (χ1) is 14.6. The Morgan fingerprint density at radius 1 is 1.17 bits per heavy atom. The van der Waals surface area contributed by atoms with E-state index in [9.17, 15) is 9.59 Å². The Morgan fingerprint density at radius 2 is 1.93 bits per heavy atom. The van der Waals surface area contributed by atoms with E-state index < -0.39 is 0 Å². The van der Waals surface area contributed by atoms with E-state index in [-0.39, 0.29) is 17.9 Å². The van der Waals surface area contributed by atoms with Crippen LogP contribution in [0.1, 0.15) is 34.5 Å². The standard InChI is InChI=1S/C23H24N4O2S/c1-16-4-6-17(7-5-16)23-26-20(15-30-23)13-21(28)27-11-8-19(9-12-27)25-22(29)18-3-2-10-24-14-18/h2-7,10,14-15,19H,8-9,11-13H2,1H3,(H,25,29). The molecule has 1 saturated heterocycles. The first-order valence-corrected chi connectivity index (χ1v) is 11.0. The molecule has 0 aliphatic carbocycles. The number of nitrogens with zero attached hydrogens (tertiary/aromatic N) is 3. The normalized spacial score (nSPS) is 14.5. The third kappa shape index (κ3) is 4.91. The lowest BCUT2D eigenvalue weighted by Gasteiger charge is -2.32. The maximum absolute atomic E-state index is 12.7. The minimum absolute atomic E-state index is 0.0779. The van der Waals surface area contributed by atoms with Crippen LogP contribution in [0.4, 0.5) is 0 Å². The van der Waals surface area contributed by atoms with Crippen LogP contribution in [0.25, 0.3) is 10.6 Å². The number of thiazole rings is 1. The summed E-state index contributed by atoms with van der Waals surface area (Å²) < 4.78 is 0. The molecular weight excluding hydrogens is 396 g/mol. The zero-order valence-corrected chi connectivity index (χ0v) is 17.7. The quantitative estimate of drug-likeness (QED) is 0.686. The molecule has 6 nitrogen and oxygen atoms in total. The fraction of sp³-hybridized carbons (Fsp3) is 0.304. The molecule has 0 spiro atoms. The lowest BCUT2D eigenvalue weighted by molar-refractivity contribution is -0.131. The van der Waals surface area contributed by atoms with Gasteiger partial charge in [0.15, 0.2) is 0 Å². The van der Waals surface area contributed by atoms with Crippen molar-refractivity contribution in [1.82, 2.24) is 20.2 Å². The first kappa shape index (κ1) is 20.2. The van der Waals surface area contributed by atoms with Gasteiger partial charge in [0.1, 0.15) is 5.01 Å². The van der Waals surface area contributed by atoms with Gasteiger partial charge in [0.2, 0.25) is 5.91 Å². The van der Waals surface area contributed by atoms with Crippen molar-refractivity contribution in [2.45, 2.75) is 32.2 Å². The number of hydrogen-bond donors (Lipinski definition) is 1. The molecule has 1 N–H and O–H groups in total. The van der Waals surface area contributed by atoms with Gasteiger partial charge in [-0.05, 0) is 31.9 Å². The van der Waals surface area contributed by atoms with E-state index >= 15 is 0 Å². The fourth-order valence-electron chi connectivity index (χ4n) is 3.52. The van der Waals surface area contributed by atoms with Gasteiger partial charge < -0.3 is 10.2 Å². The largest absolute Gasteiger partial charge is 0.349 e. The maximum Gasteiger partial charge on any atom is 0.253 e. The van der Waals surface area contributed by atoms with Crippen molar-refractivity contribution in [2.24, 2.45) is 0 Å². The molecule has 7 heteroatoms. The molecule has 4 rings (SSSR count). The van der Waals surface area contributed by atoms with Gasteiger partial charge in [0.05, 0.1) is 17.7 Å². The van der Waals surface area contributed by atoms with E-state index in [4.69, 9.17) is 0 Å². The second-order valence-corrected chi connectivity index (χ2v) is 8.42. The predicted molar refractivity (Wildman–Crippen MR) is 117 cm³/mol. The van der Waals surface area contributed by atoms with Crippen molar-refractivity contribution in [3.05, 3.63) is 71.0 Å². The van der Waals surface area contributed by atoms with Gasteiger partial charge in [-0.15, -0.1) is 11.3 Å². The van der Waals surface area contributed by atoms with E-state index in [1.807, 2.05) is 10.3 Å². The lowest BCUT2D eigenvalue weighted by Crippen LogP contribution is -2.47. The van der Waals surface area contributed by atoms with Gasteiger partial charge in [-0.2, -0.15) is 0 Å². The summed E-state index contributed by atoms with van der Waals surface area (Å²) in [5.41, 5.74) is 3.66. The van der Waals surface area contributed by atoms with Crippen LogP contribution in [0.2, 0.25) is 0 Å². The minimum atomic E-state index is -0.112. The summed E-state index contributed by atoms with van der Waals surface area (Å²) in [4.78, 5) is 35.5. The zero-order valence-electron chi connectivity index (χ0n) is 16.9. The van der Waals surface area contributed by atoms with E-state index in [1.165, 1.54) is 5.56 Å². The second-order valence-electron chi connectivity index (χ2n) is 7.56. The van der Waals surface area contributed by atoms with Crippen LogP contribution in [0.5, 0.6) is 0 Å². The van der Waals surface area contributed by atoms with Gasteiger partial charge >= 0.3 is 0 Å². The molecule has 0 atom stereocenters. The van der Waals surface area contributed by atoms with Crippen LogP contribution >= 0.6 is 11.3 Å². The van der Waals surface area contributed by atoms with Gasteiger partial charge in [-0.3, -0.25) is 14.6 Å². The molecular formula is C23H24N4O2S. The average molecular weight is 421 g/mol. The number of benzene rings is 1. The van der Waals surface area contributed by atoms with Crippen molar-refractivity contribution in [3.63, 3.8) is 0 Å². The van der Waals surface area contributed by atoms with Crippen molar-refractivity contribution in [1.29, 1.82) is 0 Å². The number of aromatic nitrogens is 2. The van der Waals surface area contributed by atoms with Gasteiger partial charge in [0, 0.05) is 42.5 Å². The van der Waals surface area contributed by atoms with Crippen LogP contribution in [-0.2, 0) is 11.2 Å². The Bertz CT molecular complexity index is 1010. The summed E-state index contributed by atoms with van der Waals surface area (Å²) in [6, 6.07) is 11.8. The molecule has 0 bridgehead atoms. The predicted octanol–water partition coefficient (Wildman–Crippen LogP) is 3.48. The number of hydrogen-bond acceptors (Lipinski definition) is 5. The fourth-order valence-corrected chi connectivity index (χ4v) is 4.35. The van der Waals surface area contributed by atoms with Crippen LogP contribution in [0.15, 0.2) is 54.2 Å². The second kappa shape index (κ2) is 9.17. The monoisotopic (exact) mass is 420 g/mol. The smallest absolute Gasteiger partial charge is 0.253 e. The molecule has 154 valence electrons. The van der Waals surface area contributed by atoms with Gasteiger partial charge in [-0.1, -0.05) is 29.8 Å². The molecule has 2 aromatic heterocycles. The van der Waals surface area contributed by atoms with Crippen LogP contribution < -0.4 is 5.32 Å². The summed E-state index contributed by atoms with van der Waals surface area (Å²) >= 11 is 1.57. The summed E-state index contributed by atoms with van der Waals surface area (Å²) in [5.74, 6) is -0.0215. The number of carbonyl (C=O) groups excluding carboxylic acids is 2. The Labute approximate surface area is 180 Å². The van der Waals surface area contributed by atoms with Crippen LogP contribution in [0.3, 0.4) is 0 Å². The summed E-state index contributed by atoms with van der Waals surface area (Å²) in [7, 11) is 0. The highest BCUT2D eigenvalue weighted by molar-refractivity contribution is 7.13. The van der Waals surface area contributed by atoms with Crippen molar-refractivity contribution in [2.75, 3.05) is 13.1 Å². The molecule has 1 aliphatic rings. The van der Waals surface area contributed by atoms with Crippen molar-refractivity contribution < 1.29 is 9.59 Å². The molecule has 2 amide bonds. The van der Waals surface area contributed by atoms with Crippen LogP contribution in [0, 0.1) is 6.92 Å². The summed E-state index contributed by atoms with van der Waals surface area (Å²) in [6.07, 6.45) is 5.03. The van der Waals surface area contributed by atoms with Gasteiger partial charge in [-0.25, -0.2) is 4.98 Å². The summed E-state index contributed by atoms with van der Waals surface area (Å²) in [6.45, 7) is 3.35. The Hall–Kier alpha value is -3.06. The van der Waals surface area contributed by atoms with Crippen molar-refractivity contribution >= 4 is 23.2 Å². The van der Waals surface area contributed by atoms with Crippen molar-refractivity contribution in [3.8, 4) is 10.6 Å². The maximum atomic E-state index is 12.7. The van der Waals surface area contributed by atoms with E-state index in [0.29, 0.717) is 25.1 Å². The molecule has 1 fully saturated rings. The topological polar surface area (TPSA) is 75.2 Å². The average Bonchev–Trinajstić information content (AvgIpc) is 3.23. The molecule has 0 unspecified atom stereocenters. The molecule has 1 aromatic carbocycles. The van der Waals surface area contributed by atoms with E-state index in [0.717, 1.165) is 29.1 Å². The first-order valence-electron chi connectivity index (χ1n) is 10.1. The third-order valence-electron chi connectivity index (χ3n) is 5.29. The minimum Gasteiger partial charge on any atom is -0.349 e. The molecule has 30 heavy (non-hydrogen) atoms. The van der Waals surface area contributed by atoms with E-state index in [1.54, 1.807) is 35.9 Å². The molecule has 0 radical (unpaired) electrons. The molecule has 3 aromatic rings. The molecule has 3 heterocycles. The highest BCUT2D eigenvalue weighted by Crippen LogP contribution is 2.24. The highest BCUT2D eigenvalue weighted by atomic mass is 32.1. The Morgan fingerprint density at radius 3 is 2.63 bits per heavy atom. The summed E-state index contributed by atoms with van der Waals surface area (Å²) in [5, 5.41) is 5.95. The lowest BCUT2D eigenvalue weighted by atomic mass is 10.0. The number of pyridine rings is 1. The number of likely N-dealkylation sites (tertiary alicyclic amines) is 1. The Balaban J connectivity index is 1.27. The van der Waals surface area contributed by atoms with Crippen LogP contribution in [-0.4, -0.2) is 45.8 Å². The Kier molecular flexibility index (Phi) is 6.18. The van der Waals surface area contributed by atoms with Gasteiger partial charge in [0.25, 0.3) is 5.91 Å². The molecule has 0 saturated carbocycles.